The molecular weight excluding hydrogens is 265 g/mol. The van der Waals surface area contributed by atoms with E-state index in [1.807, 2.05) is 6.07 Å². The van der Waals surface area contributed by atoms with Gasteiger partial charge in [0.25, 0.3) is 0 Å². The van der Waals surface area contributed by atoms with Crippen LogP contribution in [0.2, 0.25) is 0 Å². The molecule has 0 saturated carbocycles. The van der Waals surface area contributed by atoms with Crippen LogP contribution in [-0.4, -0.2) is 42.5 Å². The van der Waals surface area contributed by atoms with Crippen LogP contribution in [0.1, 0.15) is 42.9 Å². The van der Waals surface area contributed by atoms with Crippen LogP contribution in [0, 0.1) is 5.82 Å². The van der Waals surface area contributed by atoms with Gasteiger partial charge in [0, 0.05) is 24.7 Å². The molecule has 3 rings (SSSR count). The average Bonchev–Trinajstić information content (AvgIpc) is 3.11. The second kappa shape index (κ2) is 6.86. The molecule has 1 unspecified atom stereocenters. The minimum absolute atomic E-state index is 0.0782. The van der Waals surface area contributed by atoms with Gasteiger partial charge in [-0.1, -0.05) is 12.1 Å². The molecule has 0 aliphatic carbocycles. The zero-order valence-corrected chi connectivity index (χ0v) is 12.7. The van der Waals surface area contributed by atoms with E-state index in [4.69, 9.17) is 5.73 Å². The third-order valence-electron chi connectivity index (χ3n) is 4.91. The van der Waals surface area contributed by atoms with Gasteiger partial charge in [0.2, 0.25) is 0 Å². The molecule has 2 aliphatic rings. The van der Waals surface area contributed by atoms with Gasteiger partial charge in [-0.25, -0.2) is 4.39 Å². The van der Waals surface area contributed by atoms with Gasteiger partial charge >= 0.3 is 0 Å². The van der Waals surface area contributed by atoms with Crippen LogP contribution in [0.25, 0.3) is 0 Å². The number of likely N-dealkylation sites (tertiary alicyclic amines) is 1. The highest BCUT2D eigenvalue weighted by Crippen LogP contribution is 2.34. The molecule has 1 saturated heterocycles. The number of hydrogen-bond acceptors (Lipinski definition) is 3. The molecule has 1 aromatic carbocycles. The highest BCUT2D eigenvalue weighted by molar-refractivity contribution is 5.35. The maximum absolute atomic E-state index is 13.9. The molecule has 0 bridgehead atoms. The Balaban J connectivity index is 1.51. The first kappa shape index (κ1) is 14.9. The summed E-state index contributed by atoms with van der Waals surface area (Å²) in [5.41, 5.74) is 7.87. The molecule has 2 N–H and O–H groups in total. The van der Waals surface area contributed by atoms with Crippen molar-refractivity contribution in [2.45, 2.75) is 38.3 Å². The first-order valence-electron chi connectivity index (χ1n) is 8.23. The number of hydrogen-bond donors (Lipinski definition) is 1. The van der Waals surface area contributed by atoms with Crippen molar-refractivity contribution in [3.05, 3.63) is 35.1 Å². The molecule has 3 nitrogen and oxygen atoms in total. The Bertz CT molecular complexity index is 471. The highest BCUT2D eigenvalue weighted by atomic mass is 19.1. The van der Waals surface area contributed by atoms with E-state index in [1.165, 1.54) is 45.3 Å². The third-order valence-corrected chi connectivity index (χ3v) is 4.91. The Morgan fingerprint density at radius 3 is 2.67 bits per heavy atom. The fourth-order valence-corrected chi connectivity index (χ4v) is 3.73. The lowest BCUT2D eigenvalue weighted by Crippen LogP contribution is -2.29. The summed E-state index contributed by atoms with van der Waals surface area (Å²) >= 11 is 0. The van der Waals surface area contributed by atoms with Gasteiger partial charge in [-0.05, 0) is 63.5 Å². The molecule has 2 aliphatic heterocycles. The van der Waals surface area contributed by atoms with Crippen molar-refractivity contribution in [1.29, 1.82) is 0 Å². The summed E-state index contributed by atoms with van der Waals surface area (Å²) in [4.78, 5) is 4.90. The molecule has 2 heterocycles. The lowest BCUT2D eigenvalue weighted by Gasteiger charge is -2.24. The molecule has 0 amide bonds. The summed E-state index contributed by atoms with van der Waals surface area (Å²) in [6.07, 6.45) is 5.11. The molecular formula is C17H26FN3. The van der Waals surface area contributed by atoms with Crippen molar-refractivity contribution in [2.75, 3.05) is 32.7 Å². The van der Waals surface area contributed by atoms with Crippen LogP contribution in [0.4, 0.5) is 4.39 Å². The predicted molar refractivity (Wildman–Crippen MR) is 83.5 cm³/mol. The number of nitrogens with two attached hydrogens (primary N) is 1. The van der Waals surface area contributed by atoms with E-state index in [-0.39, 0.29) is 11.9 Å². The van der Waals surface area contributed by atoms with Crippen LogP contribution in [0.5, 0.6) is 0 Å². The number of unbranched alkanes of at least 4 members (excludes halogenated alkanes) is 1. The molecule has 1 aromatic rings. The van der Waals surface area contributed by atoms with Gasteiger partial charge < -0.3 is 10.6 Å². The van der Waals surface area contributed by atoms with Gasteiger partial charge in [0.15, 0.2) is 0 Å². The van der Waals surface area contributed by atoms with E-state index in [1.54, 1.807) is 12.1 Å². The Morgan fingerprint density at radius 2 is 1.90 bits per heavy atom. The topological polar surface area (TPSA) is 32.5 Å². The van der Waals surface area contributed by atoms with E-state index in [2.05, 4.69) is 9.80 Å². The van der Waals surface area contributed by atoms with Gasteiger partial charge in [0.05, 0.1) is 0 Å². The molecule has 116 valence electrons. The van der Waals surface area contributed by atoms with Crippen LogP contribution < -0.4 is 5.73 Å². The lowest BCUT2D eigenvalue weighted by atomic mass is 10.0. The number of rotatable bonds is 6. The van der Waals surface area contributed by atoms with Gasteiger partial charge in [-0.15, -0.1) is 0 Å². The summed E-state index contributed by atoms with van der Waals surface area (Å²) in [6, 6.07) is 5.58. The fraction of sp³-hybridized carbons (Fsp3) is 0.647. The van der Waals surface area contributed by atoms with Crippen LogP contribution in [0.3, 0.4) is 0 Å². The van der Waals surface area contributed by atoms with Crippen LogP contribution in [0.15, 0.2) is 18.2 Å². The first-order chi connectivity index (χ1) is 10.3. The zero-order valence-electron chi connectivity index (χ0n) is 12.7. The Labute approximate surface area is 126 Å². The molecule has 0 aromatic heterocycles. The first-order valence-corrected chi connectivity index (χ1v) is 8.23. The average molecular weight is 291 g/mol. The molecule has 0 spiro atoms. The minimum Gasteiger partial charge on any atom is -0.329 e. The van der Waals surface area contributed by atoms with E-state index in [9.17, 15) is 4.39 Å². The Kier molecular flexibility index (Phi) is 4.88. The smallest absolute Gasteiger partial charge is 0.128 e. The monoisotopic (exact) mass is 291 g/mol. The van der Waals surface area contributed by atoms with E-state index >= 15 is 0 Å². The van der Waals surface area contributed by atoms with E-state index in [0.29, 0.717) is 13.1 Å². The minimum atomic E-state index is -0.0782. The van der Waals surface area contributed by atoms with Crippen LogP contribution in [-0.2, 0) is 6.54 Å². The second-order valence-corrected chi connectivity index (χ2v) is 6.29. The lowest BCUT2D eigenvalue weighted by molar-refractivity contribution is 0.209. The van der Waals surface area contributed by atoms with E-state index < -0.39 is 0 Å². The third kappa shape index (κ3) is 3.28. The van der Waals surface area contributed by atoms with Crippen molar-refractivity contribution in [3.8, 4) is 0 Å². The van der Waals surface area contributed by atoms with Crippen molar-refractivity contribution < 1.29 is 4.39 Å². The summed E-state index contributed by atoms with van der Waals surface area (Å²) in [6.45, 7) is 6.06. The maximum Gasteiger partial charge on any atom is 0.128 e. The number of halogens is 1. The summed E-state index contributed by atoms with van der Waals surface area (Å²) < 4.78 is 13.9. The second-order valence-electron chi connectivity index (χ2n) is 6.29. The van der Waals surface area contributed by atoms with Gasteiger partial charge in [-0.3, -0.25) is 4.90 Å². The van der Waals surface area contributed by atoms with Crippen molar-refractivity contribution in [3.63, 3.8) is 0 Å². The summed E-state index contributed by atoms with van der Waals surface area (Å²) in [5.74, 6) is -0.0782. The SMILES string of the molecule is NCC1c2cccc(F)c2CN1CCCCN1CCCC1. The normalized spacial score (nSPS) is 22.9. The van der Waals surface area contributed by atoms with Gasteiger partial charge in [0.1, 0.15) is 5.82 Å². The van der Waals surface area contributed by atoms with Gasteiger partial charge in [-0.2, -0.15) is 0 Å². The molecule has 0 radical (unpaired) electrons. The number of fused-ring (bicyclic) bond motifs is 1. The van der Waals surface area contributed by atoms with Crippen molar-refractivity contribution >= 4 is 0 Å². The fourth-order valence-electron chi connectivity index (χ4n) is 3.73. The zero-order chi connectivity index (χ0) is 14.7. The van der Waals surface area contributed by atoms with Crippen molar-refractivity contribution in [1.82, 2.24) is 9.80 Å². The molecule has 1 fully saturated rings. The molecule has 21 heavy (non-hydrogen) atoms. The van der Waals surface area contributed by atoms with Crippen molar-refractivity contribution in [2.24, 2.45) is 5.73 Å². The number of benzene rings is 1. The summed E-state index contributed by atoms with van der Waals surface area (Å²) in [5, 5.41) is 0. The number of nitrogens with zero attached hydrogens (tertiary/aromatic N) is 2. The standard InChI is InChI=1S/C17H26FN3/c18-16-7-5-6-14-15(16)13-21(17(14)12-19)11-4-3-10-20-8-1-2-9-20/h5-7,17H,1-4,8-13,19H2. The Morgan fingerprint density at radius 1 is 1.14 bits per heavy atom. The van der Waals surface area contributed by atoms with E-state index in [0.717, 1.165) is 17.7 Å². The van der Waals surface area contributed by atoms with Crippen LogP contribution >= 0.6 is 0 Å². The molecule has 1 atom stereocenters. The largest absolute Gasteiger partial charge is 0.329 e. The maximum atomic E-state index is 13.9. The predicted octanol–water partition coefficient (Wildman–Crippen LogP) is 2.52. The summed E-state index contributed by atoms with van der Waals surface area (Å²) in [7, 11) is 0. The molecule has 4 heteroatoms. The Hall–Kier alpha value is -0.970. The highest BCUT2D eigenvalue weighted by Gasteiger charge is 2.30. The quantitative estimate of drug-likeness (QED) is 0.818.